The summed E-state index contributed by atoms with van der Waals surface area (Å²) in [7, 11) is 0. The van der Waals surface area contributed by atoms with Crippen LogP contribution in [0.5, 0.6) is 0 Å². The molecule has 0 unspecified atom stereocenters. The van der Waals surface area contributed by atoms with Gasteiger partial charge in [0, 0.05) is 17.6 Å². The monoisotopic (exact) mass is 625 g/mol. The lowest BCUT2D eigenvalue weighted by molar-refractivity contribution is -0.183. The molecule has 2 aromatic carbocycles. The van der Waals surface area contributed by atoms with E-state index in [9.17, 15) is 13.7 Å². The number of allylic oxidation sites excluding steroid dienone is 6. The van der Waals surface area contributed by atoms with Gasteiger partial charge in [-0.1, -0.05) is 128 Å². The van der Waals surface area contributed by atoms with Crippen LogP contribution in [0.15, 0.2) is 109 Å². The third kappa shape index (κ3) is 18.5. The first-order valence-electron chi connectivity index (χ1n) is 16.1. The predicted octanol–water partition coefficient (Wildman–Crippen LogP) is 11.6. The number of carbonyl (C=O) groups is 1. The molecule has 0 saturated carbocycles. The number of aryl methyl sites for hydroxylation is 1. The number of nitrogens with zero attached hydrogens (tertiary/aromatic N) is 1. The van der Waals surface area contributed by atoms with Gasteiger partial charge in [-0.2, -0.15) is 0 Å². The Bertz CT molecular complexity index is 1170. The molecule has 0 spiro atoms. The number of ether oxygens (including phenoxy) is 1. The van der Waals surface area contributed by atoms with Crippen LogP contribution >= 0.6 is 0 Å². The van der Waals surface area contributed by atoms with Crippen molar-refractivity contribution in [3.05, 3.63) is 132 Å². The summed E-state index contributed by atoms with van der Waals surface area (Å²) >= 11 is 0. The summed E-state index contributed by atoms with van der Waals surface area (Å²) in [4.78, 5) is 16.4. The van der Waals surface area contributed by atoms with E-state index in [2.05, 4.69) is 49.0 Å². The first kappa shape index (κ1) is 43.2. The molecular weight excluding hydrogens is 568 g/mol. The molecule has 3 rings (SSSR count). The summed E-state index contributed by atoms with van der Waals surface area (Å²) in [6.45, 7) is 25.7. The number of likely N-dealkylation sites (tertiary alicyclic amines) is 1. The van der Waals surface area contributed by atoms with Gasteiger partial charge in [0.05, 0.1) is 12.1 Å². The fourth-order valence-corrected chi connectivity index (χ4v) is 4.03. The second kappa shape index (κ2) is 28.8. The van der Waals surface area contributed by atoms with Crippen LogP contribution in [0.1, 0.15) is 97.8 Å². The Labute approximate surface area is 272 Å². The summed E-state index contributed by atoms with van der Waals surface area (Å²) < 4.78 is 32.4. The molecule has 0 bridgehead atoms. The minimum Gasteiger partial charge on any atom is -0.487 e. The number of hydrogen-bond donors (Lipinski definition) is 0. The molecule has 0 aliphatic carbocycles. The van der Waals surface area contributed by atoms with Gasteiger partial charge < -0.3 is 9.64 Å². The summed E-state index contributed by atoms with van der Waals surface area (Å²) in [5, 5.41) is 0. The van der Waals surface area contributed by atoms with E-state index in [1.54, 1.807) is 18.2 Å². The van der Waals surface area contributed by atoms with Crippen molar-refractivity contribution in [2.24, 2.45) is 0 Å². The summed E-state index contributed by atoms with van der Waals surface area (Å²) in [5.41, 5.74) is 4.18. The highest BCUT2D eigenvalue weighted by Crippen LogP contribution is 2.31. The van der Waals surface area contributed by atoms with Crippen LogP contribution in [0.4, 0.5) is 8.92 Å². The SMILES string of the molecule is C=C/C=C\C.C=C1CCCN(Cc2ccccc2)/C1=C(/C=C\C)OCc1ccc(CCC(=O)OF)c(F)c1.CC.CC.CCC. The number of piperidine rings is 1. The fraction of sp³-hybridized carbons (Fsp3) is 0.410. The van der Waals surface area contributed by atoms with E-state index in [0.717, 1.165) is 37.2 Å². The van der Waals surface area contributed by atoms with E-state index < -0.39 is 11.8 Å². The Hall–Kier alpha value is -3.93. The highest BCUT2D eigenvalue weighted by Gasteiger charge is 2.22. The minimum atomic E-state index is -1.02. The van der Waals surface area contributed by atoms with Crippen LogP contribution in [-0.4, -0.2) is 17.4 Å². The van der Waals surface area contributed by atoms with Crippen LogP contribution < -0.4 is 0 Å². The first-order chi connectivity index (χ1) is 21.8. The van der Waals surface area contributed by atoms with Crippen molar-refractivity contribution in [2.75, 3.05) is 6.54 Å². The Morgan fingerprint density at radius 3 is 2.16 bits per heavy atom. The molecule has 1 fully saturated rings. The lowest BCUT2D eigenvalue weighted by Gasteiger charge is -2.34. The number of hydrogen-bond acceptors (Lipinski definition) is 4. The normalized spacial score (nSPS) is 13.1. The molecule has 2 aromatic rings. The molecule has 45 heavy (non-hydrogen) atoms. The Balaban J connectivity index is 0. The van der Waals surface area contributed by atoms with Gasteiger partial charge in [-0.3, -0.25) is 4.94 Å². The van der Waals surface area contributed by atoms with Crippen molar-refractivity contribution in [3.8, 4) is 0 Å². The average molecular weight is 626 g/mol. The summed E-state index contributed by atoms with van der Waals surface area (Å²) in [6, 6.07) is 15.0. The molecule has 250 valence electrons. The van der Waals surface area contributed by atoms with Crippen molar-refractivity contribution >= 4 is 5.97 Å². The molecular formula is C39H57F2NO3. The van der Waals surface area contributed by atoms with Crippen molar-refractivity contribution < 1.29 is 23.4 Å². The van der Waals surface area contributed by atoms with E-state index in [0.29, 0.717) is 16.9 Å². The quantitative estimate of drug-likeness (QED) is 0.194. The largest absolute Gasteiger partial charge is 0.487 e. The first-order valence-corrected chi connectivity index (χ1v) is 16.1. The molecule has 0 amide bonds. The van der Waals surface area contributed by atoms with E-state index in [1.807, 2.05) is 84.0 Å². The maximum absolute atomic E-state index is 14.4. The standard InChI is InChI=1S/C27H29F2NO3.C5H8.C3H8.2C2H6/c1-3-8-25(27-20(2)9-7-16-30(27)18-21-10-5-4-6-11-21)32-19-22-12-13-23(24(28)17-22)14-15-26(31)33-29;1-3-5-4-2;1-3-2;2*1-2/h3-6,8,10-13,17H,2,7,9,14-16,18-19H2,1H3;3-5H,1H2,2H3;3H2,1-2H3;2*1-2H3/b8-3-,27-25-;5-4-;;;. The lowest BCUT2D eigenvalue weighted by Crippen LogP contribution is -2.30. The second-order valence-corrected chi connectivity index (χ2v) is 9.46. The highest BCUT2D eigenvalue weighted by molar-refractivity contribution is 5.68. The second-order valence-electron chi connectivity index (χ2n) is 9.46. The van der Waals surface area contributed by atoms with Gasteiger partial charge in [-0.25, -0.2) is 9.18 Å². The topological polar surface area (TPSA) is 38.8 Å². The zero-order valence-electron chi connectivity index (χ0n) is 29.0. The Morgan fingerprint density at radius 1 is 1.00 bits per heavy atom. The third-order valence-corrected chi connectivity index (χ3v) is 5.85. The highest BCUT2D eigenvalue weighted by atomic mass is 19.3. The van der Waals surface area contributed by atoms with E-state index in [-0.39, 0.29) is 19.4 Å². The number of halogens is 2. The van der Waals surface area contributed by atoms with Crippen LogP contribution in [0.3, 0.4) is 0 Å². The van der Waals surface area contributed by atoms with Gasteiger partial charge in [0.25, 0.3) is 0 Å². The summed E-state index contributed by atoms with van der Waals surface area (Å²) in [5.74, 6) is -0.777. The van der Waals surface area contributed by atoms with Gasteiger partial charge in [-0.05, 0) is 67.5 Å². The zero-order chi connectivity index (χ0) is 34.5. The van der Waals surface area contributed by atoms with Crippen LogP contribution in [0.2, 0.25) is 0 Å². The number of rotatable bonds is 10. The lowest BCUT2D eigenvalue weighted by atomic mass is 9.99. The molecule has 1 aliphatic rings. The van der Waals surface area contributed by atoms with E-state index in [1.165, 1.54) is 18.1 Å². The van der Waals surface area contributed by atoms with Gasteiger partial charge >= 0.3 is 5.97 Å². The average Bonchev–Trinajstić information content (AvgIpc) is 3.06. The molecule has 0 radical (unpaired) electrons. The molecule has 0 N–H and O–H groups in total. The molecule has 4 nitrogen and oxygen atoms in total. The maximum Gasteiger partial charge on any atom is 0.349 e. The van der Waals surface area contributed by atoms with Gasteiger partial charge in [-0.15, -0.1) is 0 Å². The van der Waals surface area contributed by atoms with Gasteiger partial charge in [0.1, 0.15) is 18.2 Å². The molecule has 1 saturated heterocycles. The van der Waals surface area contributed by atoms with Crippen LogP contribution in [0, 0.1) is 5.82 Å². The third-order valence-electron chi connectivity index (χ3n) is 5.85. The smallest absolute Gasteiger partial charge is 0.349 e. The Kier molecular flexibility index (Phi) is 27.7. The zero-order valence-corrected chi connectivity index (χ0v) is 29.0. The van der Waals surface area contributed by atoms with Crippen molar-refractivity contribution in [1.29, 1.82) is 0 Å². The molecule has 0 aromatic heterocycles. The predicted molar refractivity (Wildman–Crippen MR) is 187 cm³/mol. The maximum atomic E-state index is 14.4. The fourth-order valence-electron chi connectivity index (χ4n) is 4.03. The minimum absolute atomic E-state index is 0.0673. The Morgan fingerprint density at radius 2 is 1.64 bits per heavy atom. The van der Waals surface area contributed by atoms with Gasteiger partial charge in [0.15, 0.2) is 0 Å². The summed E-state index contributed by atoms with van der Waals surface area (Å²) in [6.07, 6.45) is 12.4. The molecule has 1 heterocycles. The van der Waals surface area contributed by atoms with E-state index >= 15 is 0 Å². The van der Waals surface area contributed by atoms with Gasteiger partial charge in [0.2, 0.25) is 0 Å². The number of benzene rings is 2. The van der Waals surface area contributed by atoms with Crippen molar-refractivity contribution in [3.63, 3.8) is 0 Å². The number of carbonyl (C=O) groups excluding carboxylic acids is 1. The molecule has 6 heteroatoms. The van der Waals surface area contributed by atoms with Crippen LogP contribution in [-0.2, 0) is 34.0 Å². The van der Waals surface area contributed by atoms with E-state index in [4.69, 9.17) is 4.74 Å². The molecule has 1 aliphatic heterocycles. The van der Waals surface area contributed by atoms with Crippen molar-refractivity contribution in [1.82, 2.24) is 4.90 Å². The molecule has 0 atom stereocenters. The van der Waals surface area contributed by atoms with Crippen LogP contribution in [0.25, 0.3) is 0 Å². The van der Waals surface area contributed by atoms with Crippen molar-refractivity contribution in [2.45, 2.75) is 101 Å².